The van der Waals surface area contributed by atoms with E-state index in [9.17, 15) is 4.79 Å². The van der Waals surface area contributed by atoms with Crippen molar-refractivity contribution < 1.29 is 4.79 Å². The van der Waals surface area contributed by atoms with E-state index in [1.54, 1.807) is 0 Å². The predicted molar refractivity (Wildman–Crippen MR) is 56.7 cm³/mol. The van der Waals surface area contributed by atoms with Crippen LogP contribution in [0.4, 0.5) is 0 Å². The molecule has 82 valence electrons. The van der Waals surface area contributed by atoms with Gasteiger partial charge in [0, 0.05) is 19.1 Å². The fourth-order valence-corrected chi connectivity index (χ4v) is 2.20. The highest BCUT2D eigenvalue weighted by Gasteiger charge is 2.21. The van der Waals surface area contributed by atoms with Gasteiger partial charge in [-0.15, -0.1) is 0 Å². The molecule has 0 heterocycles. The smallest absolute Gasteiger partial charge is 0.231 e. The van der Waals surface area contributed by atoms with Gasteiger partial charge < -0.3 is 11.5 Å². The number of hydrogen-bond donors (Lipinski definition) is 2. The lowest BCUT2D eigenvalue weighted by Gasteiger charge is -2.33. The van der Waals surface area contributed by atoms with Crippen LogP contribution in [-0.4, -0.2) is 36.5 Å². The Hall–Kier alpha value is -0.610. The first-order chi connectivity index (χ1) is 6.74. The van der Waals surface area contributed by atoms with Crippen molar-refractivity contribution in [3.63, 3.8) is 0 Å². The quantitative estimate of drug-likeness (QED) is 0.658. The van der Waals surface area contributed by atoms with Gasteiger partial charge in [0.05, 0.1) is 6.54 Å². The summed E-state index contributed by atoms with van der Waals surface area (Å²) < 4.78 is 0. The third-order valence-corrected chi connectivity index (χ3v) is 2.87. The van der Waals surface area contributed by atoms with Gasteiger partial charge in [0.15, 0.2) is 0 Å². The van der Waals surface area contributed by atoms with E-state index in [2.05, 4.69) is 4.90 Å². The standard InChI is InChI=1S/C10H21N3O/c11-6-7-13(8-10(12)14)9-4-2-1-3-5-9/h9H,1-8,11H2,(H2,12,14). The second-order valence-electron chi connectivity index (χ2n) is 4.02. The molecule has 1 fully saturated rings. The molecule has 0 aromatic rings. The lowest BCUT2D eigenvalue weighted by atomic mass is 9.94. The van der Waals surface area contributed by atoms with Crippen molar-refractivity contribution in [3.05, 3.63) is 0 Å². The molecule has 0 aromatic heterocycles. The van der Waals surface area contributed by atoms with Gasteiger partial charge in [0.25, 0.3) is 0 Å². The molecule has 0 saturated heterocycles. The molecule has 1 aliphatic rings. The second kappa shape index (κ2) is 5.98. The number of nitrogens with zero attached hydrogens (tertiary/aromatic N) is 1. The van der Waals surface area contributed by atoms with Crippen LogP contribution in [0.1, 0.15) is 32.1 Å². The van der Waals surface area contributed by atoms with Crippen LogP contribution in [-0.2, 0) is 4.79 Å². The Balaban J connectivity index is 2.42. The van der Waals surface area contributed by atoms with Crippen molar-refractivity contribution in [2.45, 2.75) is 38.1 Å². The first-order valence-electron chi connectivity index (χ1n) is 5.46. The van der Waals surface area contributed by atoms with Gasteiger partial charge in [-0.2, -0.15) is 0 Å². The molecule has 14 heavy (non-hydrogen) atoms. The number of nitrogens with two attached hydrogens (primary N) is 2. The number of carbonyl (C=O) groups excluding carboxylic acids is 1. The van der Waals surface area contributed by atoms with Crippen molar-refractivity contribution in [2.75, 3.05) is 19.6 Å². The van der Waals surface area contributed by atoms with Crippen LogP contribution in [0, 0.1) is 0 Å². The Morgan fingerprint density at radius 2 is 1.93 bits per heavy atom. The van der Waals surface area contributed by atoms with Crippen LogP contribution in [0.3, 0.4) is 0 Å². The lowest BCUT2D eigenvalue weighted by molar-refractivity contribution is -0.119. The Morgan fingerprint density at radius 3 is 2.43 bits per heavy atom. The zero-order chi connectivity index (χ0) is 10.4. The molecular formula is C10H21N3O. The number of rotatable bonds is 5. The lowest BCUT2D eigenvalue weighted by Crippen LogP contribution is -2.44. The van der Waals surface area contributed by atoms with Gasteiger partial charge in [-0.3, -0.25) is 9.69 Å². The molecule has 1 rings (SSSR count). The van der Waals surface area contributed by atoms with Crippen LogP contribution in [0.25, 0.3) is 0 Å². The minimum Gasteiger partial charge on any atom is -0.369 e. The average Bonchev–Trinajstić information content (AvgIpc) is 2.18. The highest BCUT2D eigenvalue weighted by Crippen LogP contribution is 2.21. The van der Waals surface area contributed by atoms with Gasteiger partial charge >= 0.3 is 0 Å². The van der Waals surface area contributed by atoms with E-state index >= 15 is 0 Å². The maximum atomic E-state index is 10.9. The number of carbonyl (C=O) groups is 1. The van der Waals surface area contributed by atoms with Crippen molar-refractivity contribution in [2.24, 2.45) is 11.5 Å². The van der Waals surface area contributed by atoms with Crippen molar-refractivity contribution >= 4 is 5.91 Å². The maximum absolute atomic E-state index is 10.9. The van der Waals surface area contributed by atoms with Crippen molar-refractivity contribution in [1.82, 2.24) is 4.90 Å². The summed E-state index contributed by atoms with van der Waals surface area (Å²) in [5, 5.41) is 0. The molecule has 4 nitrogen and oxygen atoms in total. The molecule has 1 saturated carbocycles. The number of hydrogen-bond acceptors (Lipinski definition) is 3. The van der Waals surface area contributed by atoms with Gasteiger partial charge in [0.1, 0.15) is 0 Å². The molecule has 0 unspecified atom stereocenters. The summed E-state index contributed by atoms with van der Waals surface area (Å²) in [5.41, 5.74) is 10.7. The number of primary amides is 1. The summed E-state index contributed by atoms with van der Waals surface area (Å²) in [5.74, 6) is -0.246. The summed E-state index contributed by atoms with van der Waals surface area (Å²) in [6.07, 6.45) is 6.24. The summed E-state index contributed by atoms with van der Waals surface area (Å²) in [7, 11) is 0. The first kappa shape index (κ1) is 11.5. The third kappa shape index (κ3) is 3.64. The fourth-order valence-electron chi connectivity index (χ4n) is 2.20. The molecule has 0 aromatic carbocycles. The molecule has 0 radical (unpaired) electrons. The monoisotopic (exact) mass is 199 g/mol. The topological polar surface area (TPSA) is 72.3 Å². The van der Waals surface area contributed by atoms with Crippen molar-refractivity contribution in [3.8, 4) is 0 Å². The van der Waals surface area contributed by atoms with Crippen LogP contribution >= 0.6 is 0 Å². The highest BCUT2D eigenvalue weighted by atomic mass is 16.1. The van der Waals surface area contributed by atoms with Crippen LogP contribution in [0.15, 0.2) is 0 Å². The minimum atomic E-state index is -0.246. The van der Waals surface area contributed by atoms with Gasteiger partial charge in [0.2, 0.25) is 5.91 Å². The fraction of sp³-hybridized carbons (Fsp3) is 0.900. The Morgan fingerprint density at radius 1 is 1.29 bits per heavy atom. The highest BCUT2D eigenvalue weighted by molar-refractivity contribution is 5.75. The summed E-state index contributed by atoms with van der Waals surface area (Å²) in [4.78, 5) is 13.0. The van der Waals surface area contributed by atoms with E-state index in [0.29, 0.717) is 19.1 Å². The molecule has 0 aliphatic heterocycles. The van der Waals surface area contributed by atoms with E-state index in [1.807, 2.05) is 0 Å². The predicted octanol–water partition coefficient (Wildman–Crippen LogP) is 0.0651. The van der Waals surface area contributed by atoms with Crippen molar-refractivity contribution in [1.29, 1.82) is 0 Å². The average molecular weight is 199 g/mol. The molecule has 1 amide bonds. The molecule has 0 bridgehead atoms. The van der Waals surface area contributed by atoms with Gasteiger partial charge in [-0.25, -0.2) is 0 Å². The molecule has 1 aliphatic carbocycles. The molecule has 4 N–H and O–H groups in total. The van der Waals surface area contributed by atoms with Gasteiger partial charge in [-0.05, 0) is 12.8 Å². The normalized spacial score (nSPS) is 18.7. The summed E-state index contributed by atoms with van der Waals surface area (Å²) >= 11 is 0. The van der Waals surface area contributed by atoms with E-state index in [4.69, 9.17) is 11.5 Å². The Labute approximate surface area is 85.6 Å². The summed E-state index contributed by atoms with van der Waals surface area (Å²) in [6.45, 7) is 1.75. The summed E-state index contributed by atoms with van der Waals surface area (Å²) in [6, 6.07) is 0.528. The van der Waals surface area contributed by atoms with Crippen LogP contribution in [0.2, 0.25) is 0 Å². The number of amides is 1. The van der Waals surface area contributed by atoms with Crippen LogP contribution < -0.4 is 11.5 Å². The maximum Gasteiger partial charge on any atom is 0.231 e. The van der Waals surface area contributed by atoms with E-state index in [0.717, 1.165) is 6.54 Å². The first-order valence-corrected chi connectivity index (χ1v) is 5.46. The molecule has 4 heteroatoms. The SMILES string of the molecule is NCCN(CC(N)=O)C1CCCCC1. The third-order valence-electron chi connectivity index (χ3n) is 2.87. The molecule has 0 atom stereocenters. The largest absolute Gasteiger partial charge is 0.369 e. The Kier molecular flexibility index (Phi) is 4.90. The molecular weight excluding hydrogens is 178 g/mol. The Bertz CT molecular complexity index is 178. The van der Waals surface area contributed by atoms with E-state index < -0.39 is 0 Å². The van der Waals surface area contributed by atoms with E-state index in [-0.39, 0.29) is 5.91 Å². The second-order valence-corrected chi connectivity index (χ2v) is 4.02. The van der Waals surface area contributed by atoms with E-state index in [1.165, 1.54) is 32.1 Å². The minimum absolute atomic E-state index is 0.246. The zero-order valence-corrected chi connectivity index (χ0v) is 8.74. The zero-order valence-electron chi connectivity index (χ0n) is 8.74. The van der Waals surface area contributed by atoms with Gasteiger partial charge in [-0.1, -0.05) is 19.3 Å². The molecule has 0 spiro atoms. The van der Waals surface area contributed by atoms with Crippen LogP contribution in [0.5, 0.6) is 0 Å².